The van der Waals surface area contributed by atoms with Gasteiger partial charge < -0.3 is 4.90 Å². The monoisotopic (exact) mass is 294 g/mol. The average Bonchev–Trinajstić information content (AvgIpc) is 2.84. The standard InChI is InChI=1S/C17H23BN4/c1-3-21-10-9-15(21)13-22(12-14-7-5-4-6-8-14)16-11-19-20(2)17(16)18/h4-8,11,15H,3,9-10,12-13H2,1-2H3/t15-/m1/s1. The highest BCUT2D eigenvalue weighted by atomic mass is 15.3. The highest BCUT2D eigenvalue weighted by molar-refractivity contribution is 6.34. The number of likely N-dealkylation sites (N-methyl/N-ethyl adjacent to an activating group) is 1. The Hall–Kier alpha value is -1.75. The van der Waals surface area contributed by atoms with Crippen molar-refractivity contribution in [2.24, 2.45) is 7.05 Å². The summed E-state index contributed by atoms with van der Waals surface area (Å²) in [4.78, 5) is 4.88. The van der Waals surface area contributed by atoms with Crippen molar-refractivity contribution in [3.05, 3.63) is 42.1 Å². The summed E-state index contributed by atoms with van der Waals surface area (Å²) in [5, 5.41) is 4.31. The summed E-state index contributed by atoms with van der Waals surface area (Å²) < 4.78 is 1.74. The van der Waals surface area contributed by atoms with Gasteiger partial charge in [-0.15, -0.1) is 0 Å². The lowest BCUT2D eigenvalue weighted by molar-refractivity contribution is 0.102. The first-order chi connectivity index (χ1) is 10.7. The molecule has 1 aromatic heterocycles. The predicted molar refractivity (Wildman–Crippen MR) is 91.7 cm³/mol. The van der Waals surface area contributed by atoms with E-state index in [1.807, 2.05) is 13.2 Å². The first-order valence-corrected chi connectivity index (χ1v) is 7.99. The van der Waals surface area contributed by atoms with Crippen LogP contribution in [-0.2, 0) is 13.6 Å². The molecule has 1 aliphatic rings. The van der Waals surface area contributed by atoms with E-state index in [1.54, 1.807) is 4.68 Å². The topological polar surface area (TPSA) is 24.3 Å². The molecule has 0 unspecified atom stereocenters. The zero-order chi connectivity index (χ0) is 15.5. The minimum Gasteiger partial charge on any atom is -0.364 e. The molecule has 5 heteroatoms. The van der Waals surface area contributed by atoms with Crippen molar-refractivity contribution in [3.8, 4) is 0 Å². The lowest BCUT2D eigenvalue weighted by Crippen LogP contribution is -2.53. The van der Waals surface area contributed by atoms with Gasteiger partial charge in [-0.1, -0.05) is 37.3 Å². The summed E-state index contributed by atoms with van der Waals surface area (Å²) in [6.45, 7) is 6.42. The maximum atomic E-state index is 6.20. The Bertz CT molecular complexity index is 608. The van der Waals surface area contributed by atoms with E-state index in [-0.39, 0.29) is 0 Å². The maximum Gasteiger partial charge on any atom is 0.144 e. The fourth-order valence-electron chi connectivity index (χ4n) is 3.10. The average molecular weight is 294 g/mol. The number of anilines is 1. The van der Waals surface area contributed by atoms with E-state index in [0.29, 0.717) is 6.04 Å². The number of aromatic nitrogens is 2. The molecule has 4 nitrogen and oxygen atoms in total. The maximum absolute atomic E-state index is 6.20. The molecular formula is C17H23BN4. The molecule has 1 saturated heterocycles. The predicted octanol–water partition coefficient (Wildman–Crippen LogP) is 1.31. The molecule has 2 radical (unpaired) electrons. The van der Waals surface area contributed by atoms with Crippen LogP contribution in [-0.4, -0.2) is 48.2 Å². The Morgan fingerprint density at radius 3 is 2.64 bits per heavy atom. The highest BCUT2D eigenvalue weighted by Crippen LogP contribution is 2.22. The SMILES string of the molecule is [B]c1c(N(Cc2ccccc2)C[C@H]2CCN2CC)cnn1C. The Morgan fingerprint density at radius 1 is 1.32 bits per heavy atom. The normalized spacial score (nSPS) is 18.2. The summed E-state index contributed by atoms with van der Waals surface area (Å²) in [5.41, 5.74) is 3.07. The second kappa shape index (κ2) is 6.57. The van der Waals surface area contributed by atoms with Gasteiger partial charge in [0.1, 0.15) is 7.85 Å². The van der Waals surface area contributed by atoms with Crippen molar-refractivity contribution in [2.45, 2.75) is 25.9 Å². The Balaban J connectivity index is 1.80. The zero-order valence-electron chi connectivity index (χ0n) is 13.4. The van der Waals surface area contributed by atoms with Gasteiger partial charge >= 0.3 is 0 Å². The van der Waals surface area contributed by atoms with E-state index in [1.165, 1.54) is 18.5 Å². The van der Waals surface area contributed by atoms with Crippen molar-refractivity contribution < 1.29 is 0 Å². The van der Waals surface area contributed by atoms with Gasteiger partial charge in [0.2, 0.25) is 0 Å². The van der Waals surface area contributed by atoms with E-state index in [4.69, 9.17) is 7.85 Å². The van der Waals surface area contributed by atoms with Crippen LogP contribution in [0.2, 0.25) is 0 Å². The van der Waals surface area contributed by atoms with Gasteiger partial charge in [0.15, 0.2) is 0 Å². The molecule has 1 aliphatic heterocycles. The van der Waals surface area contributed by atoms with E-state index < -0.39 is 0 Å². The van der Waals surface area contributed by atoms with Gasteiger partial charge in [0, 0.05) is 38.3 Å². The van der Waals surface area contributed by atoms with Crippen LogP contribution in [0.5, 0.6) is 0 Å². The molecule has 0 bridgehead atoms. The second-order valence-electron chi connectivity index (χ2n) is 5.98. The van der Waals surface area contributed by atoms with Crippen LogP contribution in [0.1, 0.15) is 18.9 Å². The Labute approximate surface area is 134 Å². The minimum atomic E-state index is 0.619. The van der Waals surface area contributed by atoms with E-state index in [9.17, 15) is 0 Å². The molecule has 0 amide bonds. The number of aryl methyl sites for hydroxylation is 1. The molecule has 114 valence electrons. The molecule has 1 aromatic carbocycles. The minimum absolute atomic E-state index is 0.619. The van der Waals surface area contributed by atoms with E-state index >= 15 is 0 Å². The smallest absolute Gasteiger partial charge is 0.144 e. The van der Waals surface area contributed by atoms with Crippen molar-refractivity contribution in [2.75, 3.05) is 24.5 Å². The Morgan fingerprint density at radius 2 is 2.09 bits per heavy atom. The quantitative estimate of drug-likeness (QED) is 0.751. The fraction of sp³-hybridized carbons (Fsp3) is 0.471. The van der Waals surface area contributed by atoms with E-state index in [2.05, 4.69) is 52.2 Å². The van der Waals surface area contributed by atoms with Crippen LogP contribution in [0.3, 0.4) is 0 Å². The van der Waals surface area contributed by atoms with Crippen molar-refractivity contribution in [1.82, 2.24) is 14.7 Å². The molecule has 2 aromatic rings. The molecule has 1 atom stereocenters. The number of benzene rings is 1. The largest absolute Gasteiger partial charge is 0.364 e. The van der Waals surface area contributed by atoms with E-state index in [0.717, 1.165) is 30.9 Å². The molecular weight excluding hydrogens is 271 g/mol. The van der Waals surface area contributed by atoms with Crippen molar-refractivity contribution in [1.29, 1.82) is 0 Å². The molecule has 1 fully saturated rings. The third-order valence-electron chi connectivity index (χ3n) is 4.62. The van der Waals surface area contributed by atoms with Gasteiger partial charge in [0.25, 0.3) is 0 Å². The van der Waals surface area contributed by atoms with Crippen molar-refractivity contribution >= 4 is 19.1 Å². The second-order valence-corrected chi connectivity index (χ2v) is 5.98. The number of hydrogen-bond donors (Lipinski definition) is 0. The fourth-order valence-corrected chi connectivity index (χ4v) is 3.10. The molecule has 0 spiro atoms. The Kier molecular flexibility index (Phi) is 4.53. The van der Waals surface area contributed by atoms with Crippen LogP contribution in [0.15, 0.2) is 36.5 Å². The van der Waals surface area contributed by atoms with Crippen molar-refractivity contribution in [3.63, 3.8) is 0 Å². The van der Waals surface area contributed by atoms with Gasteiger partial charge in [-0.05, 0) is 18.5 Å². The highest BCUT2D eigenvalue weighted by Gasteiger charge is 2.29. The zero-order valence-corrected chi connectivity index (χ0v) is 13.4. The number of hydrogen-bond acceptors (Lipinski definition) is 3. The van der Waals surface area contributed by atoms with Crippen LogP contribution < -0.4 is 10.5 Å². The molecule has 22 heavy (non-hydrogen) atoms. The first-order valence-electron chi connectivity index (χ1n) is 7.99. The molecule has 3 rings (SSSR count). The number of rotatable bonds is 6. The van der Waals surface area contributed by atoms with Crippen LogP contribution in [0.4, 0.5) is 5.69 Å². The molecule has 0 saturated carbocycles. The summed E-state index contributed by atoms with van der Waals surface area (Å²) in [7, 11) is 8.09. The molecule has 0 N–H and O–H groups in total. The number of nitrogens with zero attached hydrogens (tertiary/aromatic N) is 4. The lowest BCUT2D eigenvalue weighted by Gasteiger charge is -2.43. The van der Waals surface area contributed by atoms with Gasteiger partial charge in [0.05, 0.1) is 11.9 Å². The van der Waals surface area contributed by atoms with Crippen LogP contribution in [0, 0.1) is 0 Å². The first kappa shape index (κ1) is 15.2. The van der Waals surface area contributed by atoms with Crippen LogP contribution in [0.25, 0.3) is 0 Å². The summed E-state index contributed by atoms with van der Waals surface area (Å²) in [5.74, 6) is 0. The lowest BCUT2D eigenvalue weighted by atomic mass is 9.99. The molecule has 0 aliphatic carbocycles. The summed E-state index contributed by atoms with van der Waals surface area (Å²) in [6, 6.07) is 11.2. The summed E-state index contributed by atoms with van der Waals surface area (Å²) >= 11 is 0. The summed E-state index contributed by atoms with van der Waals surface area (Å²) in [6.07, 6.45) is 3.15. The van der Waals surface area contributed by atoms with Gasteiger partial charge in [-0.25, -0.2) is 0 Å². The number of likely N-dealkylation sites (tertiary alicyclic amines) is 1. The third kappa shape index (κ3) is 3.04. The van der Waals surface area contributed by atoms with Gasteiger partial charge in [-0.2, -0.15) is 5.10 Å². The third-order valence-corrected chi connectivity index (χ3v) is 4.62. The molecule has 2 heterocycles. The van der Waals surface area contributed by atoms with Gasteiger partial charge in [-0.3, -0.25) is 9.58 Å². The van der Waals surface area contributed by atoms with Crippen LogP contribution >= 0.6 is 0 Å².